The first-order chi connectivity index (χ1) is 12.8. The van der Waals surface area contributed by atoms with E-state index in [-0.39, 0.29) is 0 Å². The first-order valence-electron chi connectivity index (χ1n) is 8.96. The standard InChI is InChI=1S/C18H23N5O3/c1-24-11-8-16-21-17(26-22-16)12-19-13-6-9-23(10-7-13)18-20-14-4-2-3-5-15(14)25-18/h2-5,13,19H,6-12H2,1H3. The number of anilines is 1. The van der Waals surface area contributed by atoms with Gasteiger partial charge < -0.3 is 23.9 Å². The molecule has 0 atom stereocenters. The number of rotatable bonds is 7. The van der Waals surface area contributed by atoms with Crippen molar-refractivity contribution in [3.05, 3.63) is 36.0 Å². The Labute approximate surface area is 151 Å². The molecule has 26 heavy (non-hydrogen) atoms. The maximum absolute atomic E-state index is 5.86. The number of nitrogens with one attached hydrogen (secondary N) is 1. The molecule has 8 nitrogen and oxygen atoms in total. The van der Waals surface area contributed by atoms with Crippen LogP contribution in [0.4, 0.5) is 6.01 Å². The molecule has 0 radical (unpaired) electrons. The predicted molar refractivity (Wildman–Crippen MR) is 96.0 cm³/mol. The highest BCUT2D eigenvalue weighted by Crippen LogP contribution is 2.24. The van der Waals surface area contributed by atoms with E-state index in [0.717, 1.165) is 37.0 Å². The van der Waals surface area contributed by atoms with Crippen LogP contribution in [0.15, 0.2) is 33.2 Å². The monoisotopic (exact) mass is 357 g/mol. The van der Waals surface area contributed by atoms with Crippen LogP contribution in [0.1, 0.15) is 24.6 Å². The van der Waals surface area contributed by atoms with Gasteiger partial charge in [-0.15, -0.1) is 0 Å². The molecule has 0 amide bonds. The lowest BCUT2D eigenvalue weighted by molar-refractivity contribution is 0.199. The number of ether oxygens (including phenoxy) is 1. The fraction of sp³-hybridized carbons (Fsp3) is 0.500. The molecule has 138 valence electrons. The minimum Gasteiger partial charge on any atom is -0.423 e. The zero-order valence-corrected chi connectivity index (χ0v) is 14.9. The second kappa shape index (κ2) is 7.84. The molecule has 4 rings (SSSR count). The van der Waals surface area contributed by atoms with Gasteiger partial charge in [-0.3, -0.25) is 0 Å². The maximum Gasteiger partial charge on any atom is 0.298 e. The van der Waals surface area contributed by atoms with Gasteiger partial charge in [-0.2, -0.15) is 9.97 Å². The number of hydrogen-bond donors (Lipinski definition) is 1. The van der Waals surface area contributed by atoms with Gasteiger partial charge in [0.15, 0.2) is 11.4 Å². The molecule has 0 saturated carbocycles. The van der Waals surface area contributed by atoms with Crippen molar-refractivity contribution in [1.29, 1.82) is 0 Å². The third-order valence-electron chi connectivity index (χ3n) is 4.63. The van der Waals surface area contributed by atoms with Crippen LogP contribution in [0.5, 0.6) is 0 Å². The Balaban J connectivity index is 1.26. The Morgan fingerprint density at radius 1 is 1.23 bits per heavy atom. The average molecular weight is 357 g/mol. The first-order valence-corrected chi connectivity index (χ1v) is 8.96. The normalized spacial score (nSPS) is 15.8. The van der Waals surface area contributed by atoms with Crippen LogP contribution in [0, 0.1) is 0 Å². The van der Waals surface area contributed by atoms with Gasteiger partial charge in [0.1, 0.15) is 5.52 Å². The number of methoxy groups -OCH3 is 1. The number of benzene rings is 1. The van der Waals surface area contributed by atoms with Crippen LogP contribution in [0.2, 0.25) is 0 Å². The molecule has 3 aromatic rings. The third-order valence-corrected chi connectivity index (χ3v) is 4.63. The molecule has 1 N–H and O–H groups in total. The number of fused-ring (bicyclic) bond motifs is 1. The van der Waals surface area contributed by atoms with Crippen molar-refractivity contribution < 1.29 is 13.7 Å². The van der Waals surface area contributed by atoms with E-state index in [1.54, 1.807) is 7.11 Å². The first kappa shape index (κ1) is 17.0. The lowest BCUT2D eigenvalue weighted by Crippen LogP contribution is -2.42. The van der Waals surface area contributed by atoms with Gasteiger partial charge in [-0.1, -0.05) is 17.3 Å². The summed E-state index contributed by atoms with van der Waals surface area (Å²) in [6.45, 7) is 3.01. The molecule has 2 aromatic heterocycles. The fourth-order valence-electron chi connectivity index (χ4n) is 3.16. The molecule has 0 aliphatic carbocycles. The molecular formula is C18H23N5O3. The largest absolute Gasteiger partial charge is 0.423 e. The van der Waals surface area contributed by atoms with Crippen LogP contribution >= 0.6 is 0 Å². The highest BCUT2D eigenvalue weighted by molar-refractivity contribution is 5.74. The van der Waals surface area contributed by atoms with E-state index in [0.29, 0.717) is 43.3 Å². The molecule has 0 bridgehead atoms. The quantitative estimate of drug-likeness (QED) is 0.688. The van der Waals surface area contributed by atoms with Crippen molar-refractivity contribution in [3.63, 3.8) is 0 Å². The maximum atomic E-state index is 5.86. The van der Waals surface area contributed by atoms with E-state index >= 15 is 0 Å². The lowest BCUT2D eigenvalue weighted by Gasteiger charge is -2.31. The van der Waals surface area contributed by atoms with Gasteiger partial charge in [0.05, 0.1) is 13.2 Å². The van der Waals surface area contributed by atoms with E-state index < -0.39 is 0 Å². The van der Waals surface area contributed by atoms with E-state index in [1.165, 1.54) is 0 Å². The zero-order chi connectivity index (χ0) is 17.8. The Kier molecular flexibility index (Phi) is 5.12. The molecule has 3 heterocycles. The lowest BCUT2D eigenvalue weighted by atomic mass is 10.1. The Bertz CT molecular complexity index is 805. The van der Waals surface area contributed by atoms with Gasteiger partial charge in [-0.05, 0) is 25.0 Å². The summed E-state index contributed by atoms with van der Waals surface area (Å²) >= 11 is 0. The molecule has 8 heteroatoms. The van der Waals surface area contributed by atoms with Gasteiger partial charge in [0.2, 0.25) is 5.89 Å². The summed E-state index contributed by atoms with van der Waals surface area (Å²) in [4.78, 5) is 11.1. The van der Waals surface area contributed by atoms with E-state index in [9.17, 15) is 0 Å². The topological polar surface area (TPSA) is 89.5 Å². The molecule has 1 aliphatic heterocycles. The SMILES string of the molecule is COCCc1noc(CNC2CCN(c3nc4ccccc4o3)CC2)n1. The number of hydrogen-bond acceptors (Lipinski definition) is 8. The van der Waals surface area contributed by atoms with Crippen LogP contribution in [-0.2, 0) is 17.7 Å². The molecule has 1 fully saturated rings. The summed E-state index contributed by atoms with van der Waals surface area (Å²) in [5.41, 5.74) is 1.74. The number of oxazole rings is 1. The van der Waals surface area contributed by atoms with Crippen LogP contribution in [-0.4, -0.2) is 48.0 Å². The van der Waals surface area contributed by atoms with Gasteiger partial charge in [0, 0.05) is 32.7 Å². The van der Waals surface area contributed by atoms with Crippen LogP contribution < -0.4 is 10.2 Å². The van der Waals surface area contributed by atoms with Crippen LogP contribution in [0.3, 0.4) is 0 Å². The van der Waals surface area contributed by atoms with Crippen molar-refractivity contribution in [3.8, 4) is 0 Å². The summed E-state index contributed by atoms with van der Waals surface area (Å²) in [7, 11) is 1.66. The smallest absolute Gasteiger partial charge is 0.298 e. The Hall–Kier alpha value is -2.45. The molecule has 0 spiro atoms. The number of nitrogens with zero attached hydrogens (tertiary/aromatic N) is 4. The van der Waals surface area contributed by atoms with E-state index in [2.05, 4.69) is 25.3 Å². The second-order valence-corrected chi connectivity index (χ2v) is 6.45. The molecule has 0 unspecified atom stereocenters. The summed E-state index contributed by atoms with van der Waals surface area (Å²) in [5.74, 6) is 1.31. The molecule has 1 aliphatic rings. The van der Waals surface area contributed by atoms with Crippen LogP contribution in [0.25, 0.3) is 11.1 Å². The zero-order valence-electron chi connectivity index (χ0n) is 14.9. The summed E-state index contributed by atoms with van der Waals surface area (Å²) in [6, 6.07) is 9.00. The Morgan fingerprint density at radius 3 is 2.88 bits per heavy atom. The summed E-state index contributed by atoms with van der Waals surface area (Å²) in [5, 5.41) is 7.46. The highest BCUT2D eigenvalue weighted by atomic mass is 16.5. The number of para-hydroxylation sites is 2. The minimum atomic E-state index is 0.421. The van der Waals surface area contributed by atoms with Gasteiger partial charge in [-0.25, -0.2) is 0 Å². The Morgan fingerprint density at radius 2 is 2.08 bits per heavy atom. The molecule has 1 saturated heterocycles. The fourth-order valence-corrected chi connectivity index (χ4v) is 3.16. The number of aromatic nitrogens is 3. The van der Waals surface area contributed by atoms with Crippen molar-refractivity contribution in [2.75, 3.05) is 31.7 Å². The summed E-state index contributed by atoms with van der Waals surface area (Å²) in [6.07, 6.45) is 2.70. The van der Waals surface area contributed by atoms with Gasteiger partial charge in [0.25, 0.3) is 6.01 Å². The molecular weight excluding hydrogens is 334 g/mol. The minimum absolute atomic E-state index is 0.421. The highest BCUT2D eigenvalue weighted by Gasteiger charge is 2.22. The van der Waals surface area contributed by atoms with E-state index in [1.807, 2.05) is 24.3 Å². The van der Waals surface area contributed by atoms with Crippen molar-refractivity contribution in [1.82, 2.24) is 20.4 Å². The number of piperidine rings is 1. The molecule has 1 aromatic carbocycles. The van der Waals surface area contributed by atoms with Crippen molar-refractivity contribution in [2.45, 2.75) is 31.8 Å². The third kappa shape index (κ3) is 3.86. The summed E-state index contributed by atoms with van der Waals surface area (Å²) < 4.78 is 16.1. The van der Waals surface area contributed by atoms with Gasteiger partial charge >= 0.3 is 0 Å². The predicted octanol–water partition coefficient (Wildman–Crippen LogP) is 2.16. The van der Waals surface area contributed by atoms with Crippen molar-refractivity contribution in [2.24, 2.45) is 0 Å². The van der Waals surface area contributed by atoms with Crippen molar-refractivity contribution >= 4 is 17.1 Å². The second-order valence-electron chi connectivity index (χ2n) is 6.45. The van der Waals surface area contributed by atoms with E-state index in [4.69, 9.17) is 13.7 Å². The average Bonchev–Trinajstić information content (AvgIpc) is 3.32.